The minimum atomic E-state index is -5.55. The predicted molar refractivity (Wildman–Crippen MR) is 63.0 cm³/mol. The normalized spacial score (nSPS) is 12.8. The maximum Gasteiger partial charge on any atom is 0.423 e. The van der Waals surface area contributed by atoms with Gasteiger partial charge in [-0.05, 0) is 5.56 Å². The van der Waals surface area contributed by atoms with Crippen molar-refractivity contribution in [3.63, 3.8) is 0 Å². The highest BCUT2D eigenvalue weighted by atomic mass is 32.1. The van der Waals surface area contributed by atoms with Crippen LogP contribution in [0.4, 0.5) is 26.3 Å². The van der Waals surface area contributed by atoms with Crippen molar-refractivity contribution in [1.29, 1.82) is 0 Å². The fourth-order valence-corrected chi connectivity index (χ4v) is 1.63. The first-order valence-corrected chi connectivity index (χ1v) is 5.57. The molecule has 0 spiro atoms. The zero-order chi connectivity index (χ0) is 15.6. The second kappa shape index (κ2) is 5.96. The molecule has 0 unspecified atom stereocenters. The molecule has 0 aliphatic rings. The molecule has 1 aromatic rings. The summed E-state index contributed by atoms with van der Waals surface area (Å²) in [4.78, 5) is -0.139. The van der Waals surface area contributed by atoms with Crippen LogP contribution in [-0.2, 0) is 11.3 Å². The van der Waals surface area contributed by atoms with Gasteiger partial charge in [0.05, 0.1) is 6.61 Å². The van der Waals surface area contributed by atoms with E-state index in [0.717, 1.165) is 0 Å². The van der Waals surface area contributed by atoms with E-state index < -0.39 is 25.1 Å². The first-order valence-electron chi connectivity index (χ1n) is 5.16. The Hall–Kier alpha value is -1.35. The number of thiocarbonyl (C=S) groups is 1. The lowest BCUT2D eigenvalue weighted by Crippen LogP contribution is -2.44. The Labute approximate surface area is 115 Å². The molecule has 0 saturated carbocycles. The average Bonchev–Trinajstić information content (AvgIpc) is 2.25. The number of nitrogens with two attached hydrogens (primary N) is 1. The van der Waals surface area contributed by atoms with Crippen molar-refractivity contribution in [3.8, 4) is 0 Å². The molecule has 20 heavy (non-hydrogen) atoms. The quantitative estimate of drug-likeness (QED) is 0.683. The summed E-state index contributed by atoms with van der Waals surface area (Å²) in [7, 11) is 0. The van der Waals surface area contributed by atoms with Crippen LogP contribution in [-0.4, -0.2) is 23.4 Å². The molecule has 2 N–H and O–H groups in total. The van der Waals surface area contributed by atoms with E-state index in [2.05, 4.69) is 17.0 Å². The van der Waals surface area contributed by atoms with Gasteiger partial charge < -0.3 is 10.5 Å². The van der Waals surface area contributed by atoms with E-state index in [9.17, 15) is 26.3 Å². The van der Waals surface area contributed by atoms with Crippen LogP contribution in [0.3, 0.4) is 0 Å². The van der Waals surface area contributed by atoms with Crippen molar-refractivity contribution in [1.82, 2.24) is 0 Å². The molecule has 0 heterocycles. The second-order valence-corrected chi connectivity index (χ2v) is 4.24. The van der Waals surface area contributed by atoms with Gasteiger partial charge in [-0.25, -0.2) is 0 Å². The maximum absolute atomic E-state index is 12.3. The van der Waals surface area contributed by atoms with Gasteiger partial charge in [0, 0.05) is 5.56 Å². The van der Waals surface area contributed by atoms with Gasteiger partial charge in [0.2, 0.25) is 6.10 Å². The van der Waals surface area contributed by atoms with E-state index in [4.69, 9.17) is 5.73 Å². The van der Waals surface area contributed by atoms with Crippen LogP contribution in [0.25, 0.3) is 0 Å². The number of hydrogen-bond donors (Lipinski definition) is 1. The van der Waals surface area contributed by atoms with Gasteiger partial charge in [0.1, 0.15) is 4.99 Å². The number of rotatable bonds is 4. The molecule has 0 fully saturated rings. The largest absolute Gasteiger partial charge is 0.423 e. The van der Waals surface area contributed by atoms with Gasteiger partial charge >= 0.3 is 12.4 Å². The molecular formula is C11H9F6NOS. The Morgan fingerprint density at radius 3 is 2.05 bits per heavy atom. The monoisotopic (exact) mass is 317 g/mol. The van der Waals surface area contributed by atoms with Gasteiger partial charge in [-0.15, -0.1) is 0 Å². The van der Waals surface area contributed by atoms with E-state index in [1.165, 1.54) is 24.3 Å². The fraction of sp³-hybridized carbons (Fsp3) is 0.364. The molecule has 0 amide bonds. The summed E-state index contributed by atoms with van der Waals surface area (Å²) in [5.74, 6) is 0. The lowest BCUT2D eigenvalue weighted by atomic mass is 10.1. The zero-order valence-corrected chi connectivity index (χ0v) is 10.6. The summed E-state index contributed by atoms with van der Waals surface area (Å²) in [6, 6.07) is 5.61. The number of halogens is 6. The molecule has 112 valence electrons. The van der Waals surface area contributed by atoms with E-state index in [1.54, 1.807) is 0 Å². The first-order chi connectivity index (χ1) is 9.03. The minimum absolute atomic E-state index is 0.0542. The van der Waals surface area contributed by atoms with Crippen molar-refractivity contribution in [2.45, 2.75) is 25.1 Å². The Bertz CT molecular complexity index is 471. The predicted octanol–water partition coefficient (Wildman–Crippen LogP) is 3.33. The third-order valence-corrected chi connectivity index (χ3v) is 2.50. The molecule has 0 radical (unpaired) electrons. The van der Waals surface area contributed by atoms with Crippen molar-refractivity contribution >= 4 is 17.2 Å². The van der Waals surface area contributed by atoms with E-state index >= 15 is 0 Å². The van der Waals surface area contributed by atoms with Crippen LogP contribution in [0, 0.1) is 0 Å². The van der Waals surface area contributed by atoms with Crippen LogP contribution in [0.15, 0.2) is 24.3 Å². The Morgan fingerprint density at radius 1 is 1.10 bits per heavy atom. The number of benzene rings is 1. The third-order valence-electron chi connectivity index (χ3n) is 2.28. The molecule has 0 aliphatic heterocycles. The molecular weight excluding hydrogens is 308 g/mol. The highest BCUT2D eigenvalue weighted by Gasteiger charge is 2.57. The van der Waals surface area contributed by atoms with Crippen LogP contribution in [0.2, 0.25) is 0 Å². The molecule has 0 bridgehead atoms. The van der Waals surface area contributed by atoms with Crippen LogP contribution in [0.5, 0.6) is 0 Å². The Kier molecular flexibility index (Phi) is 4.98. The van der Waals surface area contributed by atoms with Crippen LogP contribution in [0.1, 0.15) is 11.1 Å². The topological polar surface area (TPSA) is 35.2 Å². The van der Waals surface area contributed by atoms with Crippen LogP contribution < -0.4 is 5.73 Å². The van der Waals surface area contributed by atoms with Crippen molar-refractivity contribution < 1.29 is 31.1 Å². The third kappa shape index (κ3) is 4.34. The molecule has 9 heteroatoms. The summed E-state index contributed by atoms with van der Waals surface area (Å²) in [6.45, 7) is -0.906. The highest BCUT2D eigenvalue weighted by molar-refractivity contribution is 7.80. The summed E-state index contributed by atoms with van der Waals surface area (Å²) in [5, 5.41) is 0. The average molecular weight is 317 g/mol. The van der Waals surface area contributed by atoms with E-state index in [-0.39, 0.29) is 16.1 Å². The molecule has 1 rings (SSSR count). The Morgan fingerprint density at radius 2 is 1.60 bits per heavy atom. The zero-order valence-electron chi connectivity index (χ0n) is 9.76. The lowest BCUT2D eigenvalue weighted by molar-refractivity contribution is -0.324. The first kappa shape index (κ1) is 16.7. The van der Waals surface area contributed by atoms with E-state index in [0.29, 0.717) is 0 Å². The number of alkyl halides is 6. The lowest BCUT2D eigenvalue weighted by Gasteiger charge is -2.23. The molecule has 0 saturated heterocycles. The minimum Gasteiger partial charge on any atom is -0.389 e. The second-order valence-electron chi connectivity index (χ2n) is 3.80. The molecule has 2 nitrogen and oxygen atoms in total. The molecule has 0 aromatic heterocycles. The summed E-state index contributed by atoms with van der Waals surface area (Å²) < 4.78 is 77.7. The summed E-state index contributed by atoms with van der Waals surface area (Å²) >= 11 is 4.65. The van der Waals surface area contributed by atoms with Gasteiger partial charge in [-0.1, -0.05) is 36.5 Å². The van der Waals surface area contributed by atoms with Crippen molar-refractivity contribution in [2.75, 3.05) is 0 Å². The molecule has 0 aliphatic carbocycles. The summed E-state index contributed by atoms with van der Waals surface area (Å²) in [6.07, 6.45) is -14.9. The standard InChI is InChI=1S/C11H9F6NOS/c12-10(13,14)9(11(15,16)17)19-5-6-3-1-2-4-7(6)8(18)20/h1-4,9H,5H2,(H2,18,20). The summed E-state index contributed by atoms with van der Waals surface area (Å²) in [5.41, 5.74) is 5.55. The van der Waals surface area contributed by atoms with E-state index in [1.807, 2.05) is 0 Å². The fourth-order valence-electron chi connectivity index (χ4n) is 1.43. The maximum atomic E-state index is 12.3. The van der Waals surface area contributed by atoms with Crippen molar-refractivity contribution in [3.05, 3.63) is 35.4 Å². The van der Waals surface area contributed by atoms with Gasteiger partial charge in [0.25, 0.3) is 0 Å². The Balaban J connectivity index is 2.92. The van der Waals surface area contributed by atoms with Crippen LogP contribution >= 0.6 is 12.2 Å². The smallest absolute Gasteiger partial charge is 0.389 e. The molecule has 0 atom stereocenters. The van der Waals surface area contributed by atoms with Gasteiger partial charge in [-0.3, -0.25) is 0 Å². The SMILES string of the molecule is NC(=S)c1ccccc1COC(C(F)(F)F)C(F)(F)F. The highest BCUT2D eigenvalue weighted by Crippen LogP contribution is 2.36. The van der Waals surface area contributed by atoms with Gasteiger partial charge in [-0.2, -0.15) is 26.3 Å². The number of ether oxygens (including phenoxy) is 1. The van der Waals surface area contributed by atoms with Gasteiger partial charge in [0.15, 0.2) is 0 Å². The van der Waals surface area contributed by atoms with Crippen molar-refractivity contribution in [2.24, 2.45) is 5.73 Å². The number of hydrogen-bond acceptors (Lipinski definition) is 2. The molecule has 1 aromatic carbocycles.